The molecule has 74 valence electrons. The predicted octanol–water partition coefficient (Wildman–Crippen LogP) is 1.07. The highest BCUT2D eigenvalue weighted by atomic mass is 16.2. The van der Waals surface area contributed by atoms with Crippen LogP contribution < -0.4 is 0 Å². The summed E-state index contributed by atoms with van der Waals surface area (Å²) >= 11 is 0. The molecule has 0 aromatic heterocycles. The van der Waals surface area contributed by atoms with E-state index in [1.807, 2.05) is 20.8 Å². The van der Waals surface area contributed by atoms with Crippen LogP contribution in [0, 0.1) is 0 Å². The van der Waals surface area contributed by atoms with Gasteiger partial charge in [0.05, 0.1) is 0 Å². The molecule has 1 heterocycles. The minimum Gasteiger partial charge on any atom is -0.312 e. The second-order valence-electron chi connectivity index (χ2n) is 3.31. The maximum absolute atomic E-state index is 11.6. The summed E-state index contributed by atoms with van der Waals surface area (Å²) in [6.07, 6.45) is 0.885. The van der Waals surface area contributed by atoms with Crippen LogP contribution in [0.25, 0.3) is 0 Å². The van der Waals surface area contributed by atoms with Crippen molar-refractivity contribution in [2.75, 3.05) is 13.1 Å². The van der Waals surface area contributed by atoms with Crippen LogP contribution in [0.3, 0.4) is 0 Å². The summed E-state index contributed by atoms with van der Waals surface area (Å²) in [5, 5.41) is 0. The zero-order valence-corrected chi connectivity index (χ0v) is 8.41. The normalized spacial score (nSPS) is 19.9. The van der Waals surface area contributed by atoms with Crippen molar-refractivity contribution in [2.45, 2.75) is 33.2 Å². The Morgan fingerprint density at radius 2 is 2.00 bits per heavy atom. The Morgan fingerprint density at radius 1 is 1.38 bits per heavy atom. The maximum Gasteiger partial charge on any atom is 0.327 e. The molecule has 0 radical (unpaired) electrons. The van der Waals surface area contributed by atoms with Gasteiger partial charge in [0.1, 0.15) is 6.54 Å². The molecule has 1 aliphatic rings. The number of carbonyl (C=O) groups excluding carboxylic acids is 2. The predicted molar refractivity (Wildman–Crippen MR) is 49.2 cm³/mol. The molecule has 1 atom stereocenters. The molecule has 4 heteroatoms. The van der Waals surface area contributed by atoms with Crippen molar-refractivity contribution >= 4 is 11.9 Å². The third-order valence-corrected chi connectivity index (χ3v) is 2.52. The third-order valence-electron chi connectivity index (χ3n) is 2.52. The fourth-order valence-corrected chi connectivity index (χ4v) is 1.44. The summed E-state index contributed by atoms with van der Waals surface area (Å²) in [6.45, 7) is 6.52. The van der Waals surface area contributed by atoms with Gasteiger partial charge in [0.15, 0.2) is 0 Å². The van der Waals surface area contributed by atoms with E-state index in [1.54, 1.807) is 4.90 Å². The number of amides is 3. The monoisotopic (exact) mass is 184 g/mol. The number of imide groups is 1. The Bertz CT molecular complexity index is 228. The third kappa shape index (κ3) is 1.66. The number of hydrogen-bond acceptors (Lipinski definition) is 2. The van der Waals surface area contributed by atoms with Crippen molar-refractivity contribution in [1.29, 1.82) is 0 Å². The summed E-state index contributed by atoms with van der Waals surface area (Å²) in [5.74, 6) is -0.0761. The summed E-state index contributed by atoms with van der Waals surface area (Å²) < 4.78 is 0. The molecule has 0 aromatic rings. The van der Waals surface area contributed by atoms with Gasteiger partial charge in [-0.3, -0.25) is 9.69 Å². The highest BCUT2D eigenvalue weighted by molar-refractivity contribution is 6.02. The Balaban J connectivity index is 2.72. The molecule has 0 saturated carbocycles. The summed E-state index contributed by atoms with van der Waals surface area (Å²) in [6, 6.07) is 0.0230. The summed E-state index contributed by atoms with van der Waals surface area (Å²) in [5.41, 5.74) is 0. The lowest BCUT2D eigenvalue weighted by Crippen LogP contribution is -2.37. The standard InChI is InChI=1S/C9H16N2O2/c1-4-7(3)11-6-8(12)10(5-2)9(11)13/h7H,4-6H2,1-3H3. The molecule has 0 aliphatic carbocycles. The molecule has 1 rings (SSSR count). The Hall–Kier alpha value is -1.06. The van der Waals surface area contributed by atoms with Crippen molar-refractivity contribution in [3.8, 4) is 0 Å². The highest BCUT2D eigenvalue weighted by Crippen LogP contribution is 2.14. The lowest BCUT2D eigenvalue weighted by Gasteiger charge is -2.21. The fraction of sp³-hybridized carbons (Fsp3) is 0.778. The van der Waals surface area contributed by atoms with Gasteiger partial charge in [0.2, 0.25) is 5.91 Å². The molecular weight excluding hydrogens is 168 g/mol. The van der Waals surface area contributed by atoms with Gasteiger partial charge >= 0.3 is 6.03 Å². The zero-order valence-electron chi connectivity index (χ0n) is 8.41. The lowest BCUT2D eigenvalue weighted by atomic mass is 10.2. The van der Waals surface area contributed by atoms with Crippen LogP contribution in [0.5, 0.6) is 0 Å². The van der Waals surface area contributed by atoms with E-state index >= 15 is 0 Å². The first-order valence-corrected chi connectivity index (χ1v) is 4.72. The van der Waals surface area contributed by atoms with Crippen molar-refractivity contribution in [3.63, 3.8) is 0 Å². The van der Waals surface area contributed by atoms with Crippen LogP contribution in [0.4, 0.5) is 4.79 Å². The van der Waals surface area contributed by atoms with Crippen LogP contribution in [0.15, 0.2) is 0 Å². The minimum atomic E-state index is -0.137. The maximum atomic E-state index is 11.6. The van der Waals surface area contributed by atoms with Gasteiger partial charge in [-0.2, -0.15) is 0 Å². The average Bonchev–Trinajstić information content (AvgIpc) is 2.40. The zero-order chi connectivity index (χ0) is 10.0. The first-order chi connectivity index (χ1) is 6.11. The van der Waals surface area contributed by atoms with Crippen LogP contribution in [-0.2, 0) is 4.79 Å². The second kappa shape index (κ2) is 3.77. The van der Waals surface area contributed by atoms with Crippen LogP contribution in [0.2, 0.25) is 0 Å². The van der Waals surface area contributed by atoms with E-state index in [1.165, 1.54) is 4.90 Å². The summed E-state index contributed by atoms with van der Waals surface area (Å²) in [7, 11) is 0. The Morgan fingerprint density at radius 3 is 2.38 bits per heavy atom. The first-order valence-electron chi connectivity index (χ1n) is 4.72. The minimum absolute atomic E-state index is 0.0761. The molecule has 3 amide bonds. The van der Waals surface area contributed by atoms with Gasteiger partial charge in [-0.1, -0.05) is 6.92 Å². The number of urea groups is 1. The first kappa shape index (κ1) is 10.0. The van der Waals surface area contributed by atoms with E-state index in [0.717, 1.165) is 6.42 Å². The molecule has 0 aromatic carbocycles. The molecule has 0 spiro atoms. The Kier molecular flexibility index (Phi) is 2.90. The smallest absolute Gasteiger partial charge is 0.312 e. The van der Waals surface area contributed by atoms with E-state index in [0.29, 0.717) is 6.54 Å². The van der Waals surface area contributed by atoms with E-state index in [2.05, 4.69) is 0 Å². The molecular formula is C9H16N2O2. The SMILES string of the molecule is CCC(C)N1CC(=O)N(CC)C1=O. The van der Waals surface area contributed by atoms with Gasteiger partial charge in [0.25, 0.3) is 0 Å². The molecule has 0 N–H and O–H groups in total. The topological polar surface area (TPSA) is 40.6 Å². The second-order valence-corrected chi connectivity index (χ2v) is 3.31. The van der Waals surface area contributed by atoms with E-state index in [9.17, 15) is 9.59 Å². The molecule has 4 nitrogen and oxygen atoms in total. The van der Waals surface area contributed by atoms with Crippen molar-refractivity contribution in [2.24, 2.45) is 0 Å². The molecule has 13 heavy (non-hydrogen) atoms. The largest absolute Gasteiger partial charge is 0.327 e. The summed E-state index contributed by atoms with van der Waals surface area (Å²) in [4.78, 5) is 25.8. The molecule has 0 bridgehead atoms. The van der Waals surface area contributed by atoms with Gasteiger partial charge in [0, 0.05) is 12.6 Å². The molecule has 1 fully saturated rings. The van der Waals surface area contributed by atoms with Crippen molar-refractivity contribution in [3.05, 3.63) is 0 Å². The van der Waals surface area contributed by atoms with Crippen LogP contribution in [-0.4, -0.2) is 40.9 Å². The van der Waals surface area contributed by atoms with Crippen molar-refractivity contribution < 1.29 is 9.59 Å². The molecule has 1 aliphatic heterocycles. The van der Waals surface area contributed by atoms with Gasteiger partial charge in [-0.05, 0) is 20.3 Å². The highest BCUT2D eigenvalue weighted by Gasteiger charge is 2.36. The van der Waals surface area contributed by atoms with Gasteiger partial charge in [-0.15, -0.1) is 0 Å². The van der Waals surface area contributed by atoms with E-state index < -0.39 is 0 Å². The molecule has 1 unspecified atom stereocenters. The lowest BCUT2D eigenvalue weighted by molar-refractivity contribution is -0.125. The number of rotatable bonds is 3. The number of carbonyl (C=O) groups is 2. The number of nitrogens with zero attached hydrogens (tertiary/aromatic N) is 2. The van der Waals surface area contributed by atoms with Gasteiger partial charge in [-0.25, -0.2) is 4.79 Å². The fourth-order valence-electron chi connectivity index (χ4n) is 1.44. The number of hydrogen-bond donors (Lipinski definition) is 0. The number of likely N-dealkylation sites (N-methyl/N-ethyl adjacent to an activating group) is 1. The van der Waals surface area contributed by atoms with Crippen molar-refractivity contribution in [1.82, 2.24) is 9.80 Å². The molecule has 1 saturated heterocycles. The van der Waals surface area contributed by atoms with Gasteiger partial charge < -0.3 is 4.90 Å². The van der Waals surface area contributed by atoms with E-state index in [4.69, 9.17) is 0 Å². The van der Waals surface area contributed by atoms with Crippen LogP contribution >= 0.6 is 0 Å². The Labute approximate surface area is 78.5 Å². The quantitative estimate of drug-likeness (QED) is 0.615. The van der Waals surface area contributed by atoms with Crippen LogP contribution in [0.1, 0.15) is 27.2 Å². The van der Waals surface area contributed by atoms with E-state index in [-0.39, 0.29) is 24.5 Å². The average molecular weight is 184 g/mol.